The molecule has 0 aliphatic carbocycles. The minimum absolute atomic E-state index is 0.815. The van der Waals surface area contributed by atoms with Gasteiger partial charge in [0.2, 0.25) is 0 Å². The van der Waals surface area contributed by atoms with Crippen LogP contribution in [-0.2, 0) is 6.54 Å². The molecule has 0 unspecified atom stereocenters. The summed E-state index contributed by atoms with van der Waals surface area (Å²) in [5, 5.41) is 5.52. The molecule has 0 fully saturated rings. The molecule has 0 bridgehead atoms. The maximum Gasteiger partial charge on any atom is 0.188 e. The molecule has 0 atom stereocenters. The number of nitrogens with zero attached hydrogens (tertiary/aromatic N) is 2. The summed E-state index contributed by atoms with van der Waals surface area (Å²) in [6.07, 6.45) is 0. The monoisotopic (exact) mass is 337 g/mol. The lowest BCUT2D eigenvalue weighted by Gasteiger charge is -2.07. The van der Waals surface area contributed by atoms with E-state index >= 15 is 0 Å². The molecule has 5 heteroatoms. The lowest BCUT2D eigenvalue weighted by Crippen LogP contribution is -1.96. The van der Waals surface area contributed by atoms with Crippen LogP contribution in [0.3, 0.4) is 0 Å². The Morgan fingerprint density at radius 3 is 2.83 bits per heavy atom. The molecule has 0 aliphatic rings. The van der Waals surface area contributed by atoms with Gasteiger partial charge in [-0.3, -0.25) is 0 Å². The van der Waals surface area contributed by atoms with Gasteiger partial charge in [-0.25, -0.2) is 4.98 Å². The fourth-order valence-corrected chi connectivity index (χ4v) is 4.08. The quantitative estimate of drug-likeness (QED) is 0.547. The van der Waals surface area contributed by atoms with Gasteiger partial charge in [0.05, 0.1) is 23.0 Å². The number of aryl methyl sites for hydroxylation is 2. The smallest absolute Gasteiger partial charge is 0.188 e. The van der Waals surface area contributed by atoms with Crippen LogP contribution in [0, 0.1) is 6.92 Å². The number of thiazole rings is 1. The Kier molecular flexibility index (Phi) is 3.65. The number of nitrogens with one attached hydrogen (secondary N) is 1. The maximum atomic E-state index is 5.41. The molecule has 1 N–H and O–H groups in total. The molecule has 0 aliphatic heterocycles. The van der Waals surface area contributed by atoms with E-state index in [0.29, 0.717) is 0 Å². The van der Waals surface area contributed by atoms with E-state index in [9.17, 15) is 0 Å². The lowest BCUT2D eigenvalue weighted by atomic mass is 10.2. The molecular formula is C19H19N3OS. The van der Waals surface area contributed by atoms with Crippen LogP contribution < -0.4 is 10.1 Å². The minimum atomic E-state index is 0.815. The summed E-state index contributed by atoms with van der Waals surface area (Å²) in [4.78, 5) is 4.86. The van der Waals surface area contributed by atoms with E-state index in [1.165, 1.54) is 21.3 Å². The van der Waals surface area contributed by atoms with Crippen LogP contribution in [0.2, 0.25) is 0 Å². The van der Waals surface area contributed by atoms with E-state index in [-0.39, 0.29) is 0 Å². The number of hydrogen-bond acceptors (Lipinski definition) is 4. The highest BCUT2D eigenvalue weighted by Gasteiger charge is 2.13. The van der Waals surface area contributed by atoms with Crippen molar-refractivity contribution in [3.05, 3.63) is 48.2 Å². The molecule has 0 saturated carbocycles. The van der Waals surface area contributed by atoms with Crippen LogP contribution in [0.5, 0.6) is 5.75 Å². The molecule has 4 rings (SSSR count). The summed E-state index contributed by atoms with van der Waals surface area (Å²) in [6, 6.07) is 14.5. The van der Waals surface area contributed by atoms with Crippen molar-refractivity contribution in [2.24, 2.45) is 0 Å². The fourth-order valence-electron chi connectivity index (χ4n) is 3.20. The Morgan fingerprint density at radius 2 is 2.04 bits per heavy atom. The van der Waals surface area contributed by atoms with E-state index in [4.69, 9.17) is 9.72 Å². The molecule has 4 nitrogen and oxygen atoms in total. The summed E-state index contributed by atoms with van der Waals surface area (Å²) in [6.45, 7) is 5.27. The third-order valence-corrected chi connectivity index (χ3v) is 5.23. The van der Waals surface area contributed by atoms with E-state index < -0.39 is 0 Å². The molecule has 2 aromatic heterocycles. The van der Waals surface area contributed by atoms with E-state index in [1.54, 1.807) is 18.4 Å². The highest BCUT2D eigenvalue weighted by molar-refractivity contribution is 7.22. The predicted molar refractivity (Wildman–Crippen MR) is 102 cm³/mol. The Hall–Kier alpha value is -2.53. The second-order valence-electron chi connectivity index (χ2n) is 5.72. The zero-order valence-corrected chi connectivity index (χ0v) is 14.8. The first kappa shape index (κ1) is 15.0. The largest absolute Gasteiger partial charge is 0.495 e. The average Bonchev–Trinajstić information content (AvgIpc) is 3.14. The third-order valence-electron chi connectivity index (χ3n) is 4.29. The molecule has 122 valence electrons. The number of rotatable bonds is 4. The molecule has 0 radical (unpaired) electrons. The molecule has 24 heavy (non-hydrogen) atoms. The van der Waals surface area contributed by atoms with Gasteiger partial charge in [0.1, 0.15) is 11.3 Å². The van der Waals surface area contributed by atoms with Crippen LogP contribution in [0.1, 0.15) is 12.6 Å². The van der Waals surface area contributed by atoms with Gasteiger partial charge >= 0.3 is 0 Å². The average molecular weight is 337 g/mol. The van der Waals surface area contributed by atoms with Crippen molar-refractivity contribution >= 4 is 43.3 Å². The first-order valence-electron chi connectivity index (χ1n) is 8.00. The van der Waals surface area contributed by atoms with Crippen molar-refractivity contribution in [1.29, 1.82) is 0 Å². The van der Waals surface area contributed by atoms with Crippen LogP contribution >= 0.6 is 11.3 Å². The Morgan fingerprint density at radius 1 is 1.21 bits per heavy atom. The van der Waals surface area contributed by atoms with Crippen LogP contribution in [0.25, 0.3) is 21.1 Å². The standard InChI is InChI=1S/C19H19N3OS/c1-4-22-12(2)11-13-9-10-16-17(18(13)22)21-19(24-16)20-14-7-5-6-8-15(14)23-3/h5-11H,4H2,1-3H3,(H,20,21). The highest BCUT2D eigenvalue weighted by Crippen LogP contribution is 2.36. The van der Waals surface area contributed by atoms with Gasteiger partial charge in [-0.2, -0.15) is 0 Å². The Bertz CT molecular complexity index is 1030. The number of fused-ring (bicyclic) bond motifs is 3. The van der Waals surface area contributed by atoms with E-state index in [2.05, 4.69) is 41.9 Å². The lowest BCUT2D eigenvalue weighted by molar-refractivity contribution is 0.417. The SMILES string of the molecule is CCn1c(C)cc2ccc3sc(Nc4ccccc4OC)nc3c21. The molecule has 0 saturated heterocycles. The summed E-state index contributed by atoms with van der Waals surface area (Å²) < 4.78 is 8.92. The molecular weight excluding hydrogens is 318 g/mol. The Balaban J connectivity index is 1.85. The van der Waals surface area contributed by atoms with Crippen molar-refractivity contribution in [2.45, 2.75) is 20.4 Å². The molecule has 2 heterocycles. The van der Waals surface area contributed by atoms with Gasteiger partial charge in [-0.15, -0.1) is 0 Å². The van der Waals surface area contributed by atoms with Crippen molar-refractivity contribution in [3.8, 4) is 5.75 Å². The summed E-state index contributed by atoms with van der Waals surface area (Å²) in [5.41, 5.74) is 4.48. The summed E-state index contributed by atoms with van der Waals surface area (Å²) in [5.74, 6) is 0.815. The van der Waals surface area contributed by atoms with Gasteiger partial charge in [0.25, 0.3) is 0 Å². The van der Waals surface area contributed by atoms with Gasteiger partial charge in [0, 0.05) is 17.6 Å². The van der Waals surface area contributed by atoms with E-state index in [0.717, 1.165) is 28.6 Å². The molecule has 4 aromatic rings. The van der Waals surface area contributed by atoms with Crippen LogP contribution in [0.4, 0.5) is 10.8 Å². The maximum absolute atomic E-state index is 5.41. The first-order valence-corrected chi connectivity index (χ1v) is 8.82. The third kappa shape index (κ3) is 2.32. The second kappa shape index (κ2) is 5.83. The van der Waals surface area contributed by atoms with Crippen molar-refractivity contribution in [3.63, 3.8) is 0 Å². The van der Waals surface area contributed by atoms with Gasteiger partial charge in [-0.1, -0.05) is 29.5 Å². The van der Waals surface area contributed by atoms with Gasteiger partial charge in [-0.05, 0) is 38.1 Å². The van der Waals surface area contributed by atoms with Crippen molar-refractivity contribution in [1.82, 2.24) is 9.55 Å². The van der Waals surface area contributed by atoms with Crippen molar-refractivity contribution in [2.75, 3.05) is 12.4 Å². The number of para-hydroxylation sites is 2. The summed E-state index contributed by atoms with van der Waals surface area (Å²) in [7, 11) is 1.68. The molecule has 0 amide bonds. The first-order chi connectivity index (χ1) is 11.7. The van der Waals surface area contributed by atoms with Crippen molar-refractivity contribution < 1.29 is 4.74 Å². The number of aromatic nitrogens is 2. The molecule has 2 aromatic carbocycles. The number of benzene rings is 2. The van der Waals surface area contributed by atoms with Gasteiger partial charge in [0.15, 0.2) is 5.13 Å². The fraction of sp³-hybridized carbons (Fsp3) is 0.211. The zero-order valence-electron chi connectivity index (χ0n) is 14.0. The normalized spacial score (nSPS) is 11.3. The Labute approximate surface area is 144 Å². The summed E-state index contributed by atoms with van der Waals surface area (Å²) >= 11 is 1.66. The zero-order chi connectivity index (χ0) is 16.7. The molecule has 0 spiro atoms. The van der Waals surface area contributed by atoms with Crippen LogP contribution in [-0.4, -0.2) is 16.7 Å². The van der Waals surface area contributed by atoms with Crippen LogP contribution in [0.15, 0.2) is 42.5 Å². The predicted octanol–water partition coefficient (Wildman–Crippen LogP) is 5.33. The number of anilines is 2. The van der Waals surface area contributed by atoms with Gasteiger partial charge < -0.3 is 14.6 Å². The number of ether oxygens (including phenoxy) is 1. The second-order valence-corrected chi connectivity index (χ2v) is 6.76. The highest BCUT2D eigenvalue weighted by atomic mass is 32.1. The number of hydrogen-bond donors (Lipinski definition) is 1. The number of methoxy groups -OCH3 is 1. The van der Waals surface area contributed by atoms with E-state index in [1.807, 2.05) is 24.3 Å². The minimum Gasteiger partial charge on any atom is -0.495 e. The topological polar surface area (TPSA) is 39.1 Å².